The monoisotopic (exact) mass is 446 g/mol. The third-order valence-corrected chi connectivity index (χ3v) is 4.69. The largest absolute Gasteiger partial charge is 0.416 e. The molecule has 3 aromatic rings. The van der Waals surface area contributed by atoms with Crippen molar-refractivity contribution in [2.45, 2.75) is 33.0 Å². The van der Waals surface area contributed by atoms with E-state index in [1.54, 1.807) is 24.3 Å². The van der Waals surface area contributed by atoms with Crippen LogP contribution in [0.5, 0.6) is 0 Å². The number of benzene rings is 2. The van der Waals surface area contributed by atoms with E-state index in [9.17, 15) is 27.6 Å². The highest BCUT2D eigenvalue weighted by Gasteiger charge is 2.31. The molecule has 1 heterocycles. The average molecular weight is 446 g/mol. The summed E-state index contributed by atoms with van der Waals surface area (Å²) in [5, 5.41) is 6.34. The lowest BCUT2D eigenvalue weighted by Crippen LogP contribution is -2.46. The molecule has 10 heteroatoms. The highest BCUT2D eigenvalue weighted by molar-refractivity contribution is 5.91. The molecule has 0 atom stereocenters. The highest BCUT2D eigenvalue weighted by atomic mass is 19.4. The maximum atomic E-state index is 13.2. The second-order valence-corrected chi connectivity index (χ2v) is 7.22. The molecular weight excluding hydrogens is 425 g/mol. The maximum absolute atomic E-state index is 13.2. The van der Waals surface area contributed by atoms with Gasteiger partial charge in [0.05, 0.1) is 17.8 Å². The van der Waals surface area contributed by atoms with Gasteiger partial charge in [-0.1, -0.05) is 42.8 Å². The number of nitrogens with one attached hydrogen (secondary N) is 1. The Labute approximate surface area is 181 Å². The van der Waals surface area contributed by atoms with Gasteiger partial charge in [-0.2, -0.15) is 23.0 Å². The molecule has 1 aromatic heterocycles. The third-order valence-electron chi connectivity index (χ3n) is 4.69. The Morgan fingerprint density at radius 2 is 1.78 bits per heavy atom. The molecule has 168 valence electrons. The van der Waals surface area contributed by atoms with Gasteiger partial charge in [0.2, 0.25) is 5.69 Å². The van der Waals surface area contributed by atoms with Gasteiger partial charge in [-0.15, -0.1) is 0 Å². The summed E-state index contributed by atoms with van der Waals surface area (Å²) in [6.45, 7) is 3.78. The SMILES string of the molecule is CCCNC(=O)c1nn(-c2cccc(C(F)(F)F)c2)c(=O)n(Cc2ccc(C)cc2)c1=O. The minimum Gasteiger partial charge on any atom is -0.350 e. The van der Waals surface area contributed by atoms with Crippen LogP contribution < -0.4 is 16.6 Å². The molecule has 0 unspecified atom stereocenters. The summed E-state index contributed by atoms with van der Waals surface area (Å²) in [4.78, 5) is 38.5. The number of alkyl halides is 3. The van der Waals surface area contributed by atoms with E-state index in [1.165, 1.54) is 6.07 Å². The molecule has 32 heavy (non-hydrogen) atoms. The van der Waals surface area contributed by atoms with Gasteiger partial charge in [0.15, 0.2) is 0 Å². The summed E-state index contributed by atoms with van der Waals surface area (Å²) in [5.74, 6) is -0.810. The van der Waals surface area contributed by atoms with Crippen molar-refractivity contribution in [2.24, 2.45) is 0 Å². The van der Waals surface area contributed by atoms with Crippen molar-refractivity contribution in [1.82, 2.24) is 19.7 Å². The number of aromatic nitrogens is 3. The zero-order chi connectivity index (χ0) is 23.5. The quantitative estimate of drug-likeness (QED) is 0.631. The first-order chi connectivity index (χ1) is 15.1. The van der Waals surface area contributed by atoms with Gasteiger partial charge in [0.25, 0.3) is 11.5 Å². The standard InChI is InChI=1S/C22H21F3N4O3/c1-3-11-26-19(30)18-20(31)28(13-15-9-7-14(2)8-10-15)21(32)29(27-18)17-6-4-5-16(12-17)22(23,24)25/h4-10,12H,3,11,13H2,1-2H3,(H,26,30). The first-order valence-electron chi connectivity index (χ1n) is 9.87. The molecule has 0 fully saturated rings. The van der Waals surface area contributed by atoms with Crippen LogP contribution >= 0.6 is 0 Å². The summed E-state index contributed by atoms with van der Waals surface area (Å²) in [7, 11) is 0. The van der Waals surface area contributed by atoms with E-state index in [1.807, 2.05) is 13.8 Å². The molecule has 0 aliphatic heterocycles. The van der Waals surface area contributed by atoms with E-state index in [2.05, 4.69) is 10.4 Å². The Morgan fingerprint density at radius 1 is 1.09 bits per heavy atom. The van der Waals surface area contributed by atoms with Crippen LogP contribution in [0.1, 0.15) is 40.5 Å². The second kappa shape index (κ2) is 9.21. The van der Waals surface area contributed by atoms with Crippen LogP contribution in [0.3, 0.4) is 0 Å². The lowest BCUT2D eigenvalue weighted by atomic mass is 10.1. The van der Waals surface area contributed by atoms with Gasteiger partial charge in [-0.05, 0) is 37.1 Å². The lowest BCUT2D eigenvalue weighted by molar-refractivity contribution is -0.137. The normalized spacial score (nSPS) is 11.4. The first-order valence-corrected chi connectivity index (χ1v) is 9.87. The van der Waals surface area contributed by atoms with Crippen LogP contribution in [0, 0.1) is 6.92 Å². The molecule has 3 rings (SSSR count). The van der Waals surface area contributed by atoms with Crippen molar-refractivity contribution in [1.29, 1.82) is 0 Å². The molecule has 1 amide bonds. The van der Waals surface area contributed by atoms with Crippen molar-refractivity contribution in [3.8, 4) is 5.69 Å². The van der Waals surface area contributed by atoms with E-state index in [0.717, 1.165) is 28.3 Å². The van der Waals surface area contributed by atoms with Crippen LogP contribution in [-0.2, 0) is 12.7 Å². The Kier molecular flexibility index (Phi) is 6.61. The molecule has 0 bridgehead atoms. The zero-order valence-electron chi connectivity index (χ0n) is 17.4. The number of carbonyl (C=O) groups is 1. The maximum Gasteiger partial charge on any atom is 0.416 e. The van der Waals surface area contributed by atoms with Gasteiger partial charge in [0.1, 0.15) is 0 Å². The van der Waals surface area contributed by atoms with Crippen LogP contribution in [0.25, 0.3) is 5.69 Å². The second-order valence-electron chi connectivity index (χ2n) is 7.22. The molecule has 0 aliphatic rings. The van der Waals surface area contributed by atoms with Gasteiger partial charge < -0.3 is 5.32 Å². The number of rotatable bonds is 6. The van der Waals surface area contributed by atoms with Crippen molar-refractivity contribution in [2.75, 3.05) is 6.54 Å². The summed E-state index contributed by atoms with van der Waals surface area (Å²) in [6.07, 6.45) is -4.05. The van der Waals surface area contributed by atoms with Crippen molar-refractivity contribution in [3.63, 3.8) is 0 Å². The lowest BCUT2D eigenvalue weighted by Gasteiger charge is -2.14. The van der Waals surface area contributed by atoms with Crippen molar-refractivity contribution >= 4 is 5.91 Å². The van der Waals surface area contributed by atoms with Crippen LogP contribution in [-0.4, -0.2) is 26.8 Å². The van der Waals surface area contributed by atoms with E-state index >= 15 is 0 Å². The van der Waals surface area contributed by atoms with Crippen LogP contribution in [0.4, 0.5) is 13.2 Å². The van der Waals surface area contributed by atoms with Crippen LogP contribution in [0.2, 0.25) is 0 Å². The summed E-state index contributed by atoms with van der Waals surface area (Å²) >= 11 is 0. The van der Waals surface area contributed by atoms with Gasteiger partial charge in [0, 0.05) is 6.54 Å². The number of hydrogen-bond acceptors (Lipinski definition) is 4. The average Bonchev–Trinajstić information content (AvgIpc) is 2.76. The molecular formula is C22H21F3N4O3. The predicted molar refractivity (Wildman–Crippen MR) is 112 cm³/mol. The molecule has 0 spiro atoms. The van der Waals surface area contributed by atoms with Crippen LogP contribution in [0.15, 0.2) is 58.1 Å². The summed E-state index contributed by atoms with van der Waals surface area (Å²) in [5.41, 5.74) is -2.09. The molecule has 7 nitrogen and oxygen atoms in total. The minimum absolute atomic E-state index is 0.173. The minimum atomic E-state index is -4.64. The Morgan fingerprint density at radius 3 is 2.41 bits per heavy atom. The molecule has 2 aromatic carbocycles. The Hall–Kier alpha value is -3.69. The number of hydrogen-bond donors (Lipinski definition) is 1. The third kappa shape index (κ3) is 4.96. The molecule has 1 N–H and O–H groups in total. The zero-order valence-corrected chi connectivity index (χ0v) is 17.4. The van der Waals surface area contributed by atoms with E-state index in [0.29, 0.717) is 16.7 Å². The predicted octanol–water partition coefficient (Wildman–Crippen LogP) is 2.91. The number of nitrogens with zero attached hydrogens (tertiary/aromatic N) is 3. The number of aryl methyl sites for hydroxylation is 1. The number of halogens is 3. The smallest absolute Gasteiger partial charge is 0.350 e. The van der Waals surface area contributed by atoms with Gasteiger partial charge >= 0.3 is 11.9 Å². The van der Waals surface area contributed by atoms with Crippen molar-refractivity contribution in [3.05, 3.63) is 91.8 Å². The fourth-order valence-corrected chi connectivity index (χ4v) is 2.98. The van der Waals surface area contributed by atoms with Gasteiger partial charge in [-0.3, -0.25) is 14.2 Å². The Bertz CT molecular complexity index is 1250. The van der Waals surface area contributed by atoms with E-state index in [4.69, 9.17) is 0 Å². The van der Waals surface area contributed by atoms with E-state index in [-0.39, 0.29) is 18.8 Å². The summed E-state index contributed by atoms with van der Waals surface area (Å²) < 4.78 is 40.9. The fourth-order valence-electron chi connectivity index (χ4n) is 2.98. The van der Waals surface area contributed by atoms with Crippen molar-refractivity contribution < 1.29 is 18.0 Å². The number of amides is 1. The molecule has 0 saturated carbocycles. The topological polar surface area (TPSA) is 86.0 Å². The highest BCUT2D eigenvalue weighted by Crippen LogP contribution is 2.29. The Balaban J connectivity index is 2.21. The summed E-state index contributed by atoms with van der Waals surface area (Å²) in [6, 6.07) is 11.0. The molecule has 0 aliphatic carbocycles. The van der Waals surface area contributed by atoms with E-state index < -0.39 is 34.6 Å². The molecule has 0 radical (unpaired) electrons. The fraction of sp³-hybridized carbons (Fsp3) is 0.273. The molecule has 0 saturated heterocycles. The number of carbonyl (C=O) groups excluding carboxylic acids is 1. The van der Waals surface area contributed by atoms with Gasteiger partial charge in [-0.25, -0.2) is 4.79 Å². The first kappa shape index (κ1) is 23.0.